The molecular weight excluding hydrogens is 221 g/mol. The van der Waals surface area contributed by atoms with Crippen LogP contribution in [0.1, 0.15) is 12.5 Å². The number of rotatable bonds is 5. The van der Waals surface area contributed by atoms with Crippen LogP contribution in [0.5, 0.6) is 0 Å². The SMILES string of the molecule is CCOCCNc1ccc(C(F)(F)F)cn1. The predicted molar refractivity (Wildman–Crippen MR) is 54.2 cm³/mol. The molecule has 0 saturated heterocycles. The fourth-order valence-electron chi connectivity index (χ4n) is 1.06. The van der Waals surface area contributed by atoms with Crippen molar-refractivity contribution >= 4 is 5.82 Å². The van der Waals surface area contributed by atoms with E-state index in [-0.39, 0.29) is 0 Å². The first-order chi connectivity index (χ1) is 7.54. The Labute approximate surface area is 91.6 Å². The summed E-state index contributed by atoms with van der Waals surface area (Å²) in [5, 5.41) is 2.85. The second-order valence-corrected chi connectivity index (χ2v) is 3.05. The minimum atomic E-state index is -4.34. The number of anilines is 1. The highest BCUT2D eigenvalue weighted by atomic mass is 19.4. The van der Waals surface area contributed by atoms with Crippen LogP contribution < -0.4 is 5.32 Å². The van der Waals surface area contributed by atoms with Crippen molar-refractivity contribution in [3.8, 4) is 0 Å². The fourth-order valence-corrected chi connectivity index (χ4v) is 1.06. The average Bonchev–Trinajstić information content (AvgIpc) is 2.24. The average molecular weight is 234 g/mol. The smallest absolute Gasteiger partial charge is 0.380 e. The van der Waals surface area contributed by atoms with Gasteiger partial charge in [0.25, 0.3) is 0 Å². The second-order valence-electron chi connectivity index (χ2n) is 3.05. The van der Waals surface area contributed by atoms with Gasteiger partial charge in [0, 0.05) is 19.3 Å². The van der Waals surface area contributed by atoms with Gasteiger partial charge in [0.05, 0.1) is 12.2 Å². The maximum atomic E-state index is 12.2. The molecule has 1 N–H and O–H groups in total. The molecule has 1 aromatic rings. The largest absolute Gasteiger partial charge is 0.417 e. The van der Waals surface area contributed by atoms with E-state index in [1.54, 1.807) is 0 Å². The molecule has 0 bridgehead atoms. The van der Waals surface area contributed by atoms with Crippen LogP contribution in [-0.2, 0) is 10.9 Å². The maximum Gasteiger partial charge on any atom is 0.417 e. The van der Waals surface area contributed by atoms with Gasteiger partial charge in [0.1, 0.15) is 5.82 Å². The molecule has 6 heteroatoms. The minimum Gasteiger partial charge on any atom is -0.380 e. The van der Waals surface area contributed by atoms with E-state index < -0.39 is 11.7 Å². The molecule has 0 unspecified atom stereocenters. The van der Waals surface area contributed by atoms with Gasteiger partial charge in [-0.05, 0) is 19.1 Å². The Morgan fingerprint density at radius 3 is 2.62 bits per heavy atom. The van der Waals surface area contributed by atoms with Gasteiger partial charge in [0.15, 0.2) is 0 Å². The lowest BCUT2D eigenvalue weighted by Gasteiger charge is -2.08. The zero-order valence-corrected chi connectivity index (χ0v) is 8.84. The Kier molecular flexibility index (Phi) is 4.54. The molecule has 0 aliphatic heterocycles. The summed E-state index contributed by atoms with van der Waals surface area (Å²) < 4.78 is 41.6. The molecule has 0 atom stereocenters. The highest BCUT2D eigenvalue weighted by Crippen LogP contribution is 2.28. The number of halogens is 3. The maximum absolute atomic E-state index is 12.2. The van der Waals surface area contributed by atoms with Gasteiger partial charge in [0.2, 0.25) is 0 Å². The number of alkyl halides is 3. The lowest BCUT2D eigenvalue weighted by atomic mass is 10.3. The molecule has 0 aliphatic rings. The first-order valence-electron chi connectivity index (χ1n) is 4.89. The van der Waals surface area contributed by atoms with Crippen LogP contribution in [0, 0.1) is 0 Å². The van der Waals surface area contributed by atoms with Crippen molar-refractivity contribution in [3.63, 3.8) is 0 Å². The lowest BCUT2D eigenvalue weighted by molar-refractivity contribution is -0.137. The van der Waals surface area contributed by atoms with Crippen LogP contribution in [-0.4, -0.2) is 24.7 Å². The highest BCUT2D eigenvalue weighted by Gasteiger charge is 2.30. The molecule has 0 aliphatic carbocycles. The molecule has 0 amide bonds. The molecule has 0 aromatic carbocycles. The third-order valence-corrected chi connectivity index (χ3v) is 1.85. The first-order valence-corrected chi connectivity index (χ1v) is 4.89. The van der Waals surface area contributed by atoms with Crippen molar-refractivity contribution in [2.45, 2.75) is 13.1 Å². The number of nitrogens with one attached hydrogen (secondary N) is 1. The third-order valence-electron chi connectivity index (χ3n) is 1.85. The zero-order valence-electron chi connectivity index (χ0n) is 8.84. The highest BCUT2D eigenvalue weighted by molar-refractivity contribution is 5.35. The van der Waals surface area contributed by atoms with E-state index in [1.807, 2.05) is 6.92 Å². The molecular formula is C10H13F3N2O. The van der Waals surface area contributed by atoms with Crippen molar-refractivity contribution in [2.75, 3.05) is 25.1 Å². The summed E-state index contributed by atoms with van der Waals surface area (Å²) in [6.45, 7) is 3.50. The zero-order chi connectivity index (χ0) is 12.0. The van der Waals surface area contributed by atoms with Crippen molar-refractivity contribution in [3.05, 3.63) is 23.9 Å². The molecule has 1 aromatic heterocycles. The molecule has 16 heavy (non-hydrogen) atoms. The van der Waals surface area contributed by atoms with E-state index in [2.05, 4.69) is 10.3 Å². The van der Waals surface area contributed by atoms with Crippen LogP contribution in [0.2, 0.25) is 0 Å². The van der Waals surface area contributed by atoms with Gasteiger partial charge < -0.3 is 10.1 Å². The standard InChI is InChI=1S/C10H13F3N2O/c1-2-16-6-5-14-9-4-3-8(7-15-9)10(11,12)13/h3-4,7H,2,5-6H2,1H3,(H,14,15). The van der Waals surface area contributed by atoms with E-state index >= 15 is 0 Å². The quantitative estimate of drug-likeness (QED) is 0.795. The van der Waals surface area contributed by atoms with Crippen molar-refractivity contribution in [1.29, 1.82) is 0 Å². The normalized spacial score (nSPS) is 11.5. The number of hydrogen-bond donors (Lipinski definition) is 1. The monoisotopic (exact) mass is 234 g/mol. The van der Waals surface area contributed by atoms with E-state index in [1.165, 1.54) is 6.07 Å². The van der Waals surface area contributed by atoms with Crippen LogP contribution in [0.15, 0.2) is 18.3 Å². The fraction of sp³-hybridized carbons (Fsp3) is 0.500. The van der Waals surface area contributed by atoms with Gasteiger partial charge in [-0.1, -0.05) is 0 Å². The molecule has 1 rings (SSSR count). The van der Waals surface area contributed by atoms with Gasteiger partial charge in [-0.3, -0.25) is 0 Å². The Morgan fingerprint density at radius 2 is 2.12 bits per heavy atom. The van der Waals surface area contributed by atoms with Crippen LogP contribution >= 0.6 is 0 Å². The molecule has 0 saturated carbocycles. The van der Waals surface area contributed by atoms with Gasteiger partial charge in [-0.25, -0.2) is 4.98 Å². The summed E-state index contributed by atoms with van der Waals surface area (Å²) in [6, 6.07) is 2.30. The Hall–Kier alpha value is -1.30. The second kappa shape index (κ2) is 5.69. The number of nitrogens with zero attached hydrogens (tertiary/aromatic N) is 1. The summed E-state index contributed by atoms with van der Waals surface area (Å²) in [7, 11) is 0. The predicted octanol–water partition coefficient (Wildman–Crippen LogP) is 2.55. The molecule has 3 nitrogen and oxygen atoms in total. The van der Waals surface area contributed by atoms with Crippen molar-refractivity contribution < 1.29 is 17.9 Å². The van der Waals surface area contributed by atoms with Crippen LogP contribution in [0.3, 0.4) is 0 Å². The van der Waals surface area contributed by atoms with E-state index in [4.69, 9.17) is 4.74 Å². The summed E-state index contributed by atoms with van der Waals surface area (Å²) in [4.78, 5) is 3.66. The third kappa shape index (κ3) is 4.06. The summed E-state index contributed by atoms with van der Waals surface area (Å²) in [5.74, 6) is 0.410. The van der Waals surface area contributed by atoms with Gasteiger partial charge in [-0.2, -0.15) is 13.2 Å². The van der Waals surface area contributed by atoms with E-state index in [9.17, 15) is 13.2 Å². The van der Waals surface area contributed by atoms with Crippen molar-refractivity contribution in [1.82, 2.24) is 4.98 Å². The minimum absolute atomic E-state index is 0.410. The molecule has 0 fully saturated rings. The topological polar surface area (TPSA) is 34.1 Å². The summed E-state index contributed by atoms with van der Waals surface area (Å²) >= 11 is 0. The summed E-state index contributed by atoms with van der Waals surface area (Å²) in [6.07, 6.45) is -3.53. The van der Waals surface area contributed by atoms with Gasteiger partial charge in [-0.15, -0.1) is 0 Å². The number of ether oxygens (including phenoxy) is 1. The van der Waals surface area contributed by atoms with E-state index in [0.29, 0.717) is 25.6 Å². The first kappa shape index (κ1) is 12.8. The van der Waals surface area contributed by atoms with Crippen LogP contribution in [0.25, 0.3) is 0 Å². The Morgan fingerprint density at radius 1 is 1.38 bits per heavy atom. The lowest BCUT2D eigenvalue weighted by Crippen LogP contribution is -2.11. The number of pyridine rings is 1. The number of aromatic nitrogens is 1. The number of hydrogen-bond acceptors (Lipinski definition) is 3. The van der Waals surface area contributed by atoms with E-state index in [0.717, 1.165) is 12.3 Å². The molecule has 0 radical (unpaired) electrons. The molecule has 90 valence electrons. The summed E-state index contributed by atoms with van der Waals surface area (Å²) in [5.41, 5.74) is -0.747. The Bertz CT molecular complexity index is 311. The molecule has 0 spiro atoms. The molecule has 1 heterocycles. The van der Waals surface area contributed by atoms with Gasteiger partial charge >= 0.3 is 6.18 Å². The van der Waals surface area contributed by atoms with Crippen molar-refractivity contribution in [2.24, 2.45) is 0 Å². The van der Waals surface area contributed by atoms with Crippen LogP contribution in [0.4, 0.5) is 19.0 Å². The Balaban J connectivity index is 2.46.